The van der Waals surface area contributed by atoms with Crippen LogP contribution in [0.25, 0.3) is 6.08 Å². The van der Waals surface area contributed by atoms with Crippen molar-refractivity contribution in [3.05, 3.63) is 91.2 Å². The molecule has 1 aliphatic heterocycles. The molecule has 1 fully saturated rings. The molecule has 0 atom stereocenters. The van der Waals surface area contributed by atoms with E-state index in [0.29, 0.717) is 31.3 Å². The minimum absolute atomic E-state index is 0.0227. The molecule has 3 amide bonds. The lowest BCUT2D eigenvalue weighted by molar-refractivity contribution is -0.123. The van der Waals surface area contributed by atoms with Gasteiger partial charge >= 0.3 is 10.1 Å². The van der Waals surface area contributed by atoms with Crippen LogP contribution in [0.5, 0.6) is 5.75 Å². The van der Waals surface area contributed by atoms with Gasteiger partial charge in [-0.1, -0.05) is 35.3 Å². The number of thioether (sulfide) groups is 1. The van der Waals surface area contributed by atoms with Crippen molar-refractivity contribution < 1.29 is 27.0 Å². The second kappa shape index (κ2) is 11.5. The van der Waals surface area contributed by atoms with Crippen LogP contribution in [0.3, 0.4) is 0 Å². The molecule has 1 saturated heterocycles. The van der Waals surface area contributed by atoms with E-state index in [1.54, 1.807) is 30.3 Å². The van der Waals surface area contributed by atoms with E-state index in [2.05, 4.69) is 21.2 Å². The number of hydrogen-bond donors (Lipinski definition) is 1. The highest BCUT2D eigenvalue weighted by atomic mass is 79.9. The molecule has 38 heavy (non-hydrogen) atoms. The monoisotopic (exact) mass is 654 g/mol. The Labute approximate surface area is 241 Å². The quantitative estimate of drug-likeness (QED) is 0.222. The topological polar surface area (TPSA) is 110 Å². The molecule has 0 bridgehead atoms. The predicted octanol–water partition coefficient (Wildman–Crippen LogP) is 6.72. The minimum atomic E-state index is -4.17. The Hall–Kier alpha value is -2.83. The van der Waals surface area contributed by atoms with Crippen LogP contribution in [-0.4, -0.2) is 30.4 Å². The third-order valence-corrected chi connectivity index (χ3v) is 8.65. The molecular weight excluding hydrogens is 639 g/mol. The summed E-state index contributed by atoms with van der Waals surface area (Å²) in [4.78, 5) is 37.7. The number of carbonyl (C=O) groups excluding carboxylic acids is 3. The van der Waals surface area contributed by atoms with E-state index in [1.807, 2.05) is 0 Å². The molecule has 1 aliphatic rings. The number of imide groups is 1. The highest BCUT2D eigenvalue weighted by molar-refractivity contribution is 9.10. The Bertz CT molecular complexity index is 1570. The van der Waals surface area contributed by atoms with Crippen LogP contribution in [0.4, 0.5) is 10.5 Å². The summed E-state index contributed by atoms with van der Waals surface area (Å²) in [6, 6.07) is 15.0. The fourth-order valence-electron chi connectivity index (χ4n) is 3.38. The van der Waals surface area contributed by atoms with Gasteiger partial charge in [0, 0.05) is 28.2 Å². The maximum atomic E-state index is 12.9. The molecule has 0 radical (unpaired) electrons. The van der Waals surface area contributed by atoms with Crippen molar-refractivity contribution in [3.8, 4) is 5.75 Å². The van der Waals surface area contributed by atoms with Crippen molar-refractivity contribution >= 4 is 89.8 Å². The van der Waals surface area contributed by atoms with E-state index in [9.17, 15) is 22.8 Å². The van der Waals surface area contributed by atoms with E-state index < -0.39 is 21.3 Å². The van der Waals surface area contributed by atoms with Gasteiger partial charge in [0.05, 0.1) is 15.9 Å². The molecule has 4 rings (SSSR count). The lowest BCUT2D eigenvalue weighted by Gasteiger charge is -2.14. The zero-order valence-electron chi connectivity index (χ0n) is 19.4. The molecule has 0 unspecified atom stereocenters. The smallest absolute Gasteiger partial charge is 0.339 e. The van der Waals surface area contributed by atoms with Gasteiger partial charge < -0.3 is 9.50 Å². The number of rotatable bonds is 7. The molecular formula is C25H17BrCl2N2O6S2. The van der Waals surface area contributed by atoms with E-state index >= 15 is 0 Å². The van der Waals surface area contributed by atoms with Crippen LogP contribution < -0.4 is 9.50 Å². The highest BCUT2D eigenvalue weighted by Gasteiger charge is 2.35. The Kier molecular flexibility index (Phi) is 8.53. The second-order valence-corrected chi connectivity index (χ2v) is 12.1. The Balaban J connectivity index is 1.50. The first-order chi connectivity index (χ1) is 17.9. The SMILES string of the molecule is CC(=O)Nc1ccc(S(=O)(=O)Oc2ccc(/C=C3\SC(=O)N(Cc4c(Cl)cccc4Cl)C3=O)cc2Br)cc1. The summed E-state index contributed by atoms with van der Waals surface area (Å²) in [5, 5.41) is 2.78. The first-order valence-corrected chi connectivity index (χ1v) is 14.5. The zero-order valence-corrected chi connectivity index (χ0v) is 24.1. The highest BCUT2D eigenvalue weighted by Crippen LogP contribution is 2.37. The number of hydrogen-bond acceptors (Lipinski definition) is 7. The average molecular weight is 656 g/mol. The number of anilines is 1. The van der Waals surface area contributed by atoms with Gasteiger partial charge in [-0.15, -0.1) is 0 Å². The van der Waals surface area contributed by atoms with E-state index in [1.165, 1.54) is 43.3 Å². The lowest BCUT2D eigenvalue weighted by atomic mass is 10.2. The number of amides is 3. The first kappa shape index (κ1) is 28.2. The lowest BCUT2D eigenvalue weighted by Crippen LogP contribution is -2.27. The summed E-state index contributed by atoms with van der Waals surface area (Å²) in [7, 11) is -4.17. The van der Waals surface area contributed by atoms with Crippen LogP contribution in [0.1, 0.15) is 18.1 Å². The molecule has 196 valence electrons. The summed E-state index contributed by atoms with van der Waals surface area (Å²) < 4.78 is 31.0. The molecule has 1 N–H and O–H groups in total. The van der Waals surface area contributed by atoms with Crippen LogP contribution >= 0.6 is 50.9 Å². The normalized spacial score (nSPS) is 14.7. The van der Waals surface area contributed by atoms with Crippen molar-refractivity contribution in [2.75, 3.05) is 5.32 Å². The Morgan fingerprint density at radius 2 is 1.74 bits per heavy atom. The third-order valence-electron chi connectivity index (χ3n) is 5.17. The van der Waals surface area contributed by atoms with Gasteiger partial charge in [0.1, 0.15) is 4.90 Å². The van der Waals surface area contributed by atoms with Gasteiger partial charge in [0.2, 0.25) is 5.91 Å². The van der Waals surface area contributed by atoms with Crippen molar-refractivity contribution in [2.45, 2.75) is 18.4 Å². The third kappa shape index (κ3) is 6.41. The number of halogens is 3. The summed E-state index contributed by atoms with van der Waals surface area (Å²) in [6.07, 6.45) is 1.52. The average Bonchev–Trinajstić information content (AvgIpc) is 3.10. The minimum Gasteiger partial charge on any atom is -0.378 e. The fraction of sp³-hybridized carbons (Fsp3) is 0.0800. The molecule has 0 spiro atoms. The fourth-order valence-corrected chi connectivity index (χ4v) is 6.27. The van der Waals surface area contributed by atoms with Crippen molar-refractivity contribution in [2.24, 2.45) is 0 Å². The van der Waals surface area contributed by atoms with E-state index in [4.69, 9.17) is 27.4 Å². The largest absolute Gasteiger partial charge is 0.378 e. The maximum Gasteiger partial charge on any atom is 0.339 e. The Morgan fingerprint density at radius 3 is 2.34 bits per heavy atom. The van der Waals surface area contributed by atoms with Gasteiger partial charge in [-0.25, -0.2) is 0 Å². The summed E-state index contributed by atoms with van der Waals surface area (Å²) >= 11 is 16.4. The number of nitrogens with zero attached hydrogens (tertiary/aromatic N) is 1. The van der Waals surface area contributed by atoms with Gasteiger partial charge in [-0.2, -0.15) is 8.42 Å². The molecule has 0 saturated carbocycles. The van der Waals surface area contributed by atoms with Crippen LogP contribution in [0, 0.1) is 0 Å². The standard InChI is InChI=1S/C25H17BrCl2N2O6S2/c1-14(31)29-16-6-8-17(9-7-16)38(34,35)36-22-10-5-15(11-19(22)26)12-23-24(32)30(25(33)37-23)13-18-20(27)3-2-4-21(18)28/h2-12H,13H2,1H3,(H,29,31)/b23-12-. The second-order valence-electron chi connectivity index (χ2n) is 7.90. The molecule has 0 aromatic heterocycles. The van der Waals surface area contributed by atoms with Crippen molar-refractivity contribution in [1.29, 1.82) is 0 Å². The van der Waals surface area contributed by atoms with Gasteiger partial charge in [0.15, 0.2) is 5.75 Å². The summed E-state index contributed by atoms with van der Waals surface area (Å²) in [6.45, 7) is 1.28. The first-order valence-electron chi connectivity index (χ1n) is 10.7. The molecule has 1 heterocycles. The van der Waals surface area contributed by atoms with Crippen molar-refractivity contribution in [1.82, 2.24) is 4.90 Å². The maximum absolute atomic E-state index is 12.9. The molecule has 13 heteroatoms. The molecule has 8 nitrogen and oxygen atoms in total. The Morgan fingerprint density at radius 1 is 1.08 bits per heavy atom. The van der Waals surface area contributed by atoms with E-state index in [0.717, 1.165) is 16.7 Å². The van der Waals surface area contributed by atoms with Crippen LogP contribution in [-0.2, 0) is 26.3 Å². The molecule has 3 aromatic carbocycles. The van der Waals surface area contributed by atoms with Crippen LogP contribution in [0.15, 0.2) is 74.9 Å². The van der Waals surface area contributed by atoms with Gasteiger partial charge in [0.25, 0.3) is 11.1 Å². The predicted molar refractivity (Wildman–Crippen MR) is 151 cm³/mol. The van der Waals surface area contributed by atoms with Gasteiger partial charge in [-0.05, 0) is 87.9 Å². The molecule has 0 aliphatic carbocycles. The number of nitrogens with one attached hydrogen (secondary N) is 1. The zero-order chi connectivity index (χ0) is 27.6. The molecule has 3 aromatic rings. The summed E-state index contributed by atoms with van der Waals surface area (Å²) in [5.41, 5.74) is 1.44. The number of carbonyl (C=O) groups is 3. The van der Waals surface area contributed by atoms with Crippen molar-refractivity contribution in [3.63, 3.8) is 0 Å². The van der Waals surface area contributed by atoms with Crippen LogP contribution in [0.2, 0.25) is 10.0 Å². The van der Waals surface area contributed by atoms with Gasteiger partial charge in [-0.3, -0.25) is 19.3 Å². The van der Waals surface area contributed by atoms with E-state index in [-0.39, 0.29) is 28.0 Å². The number of benzene rings is 3. The summed E-state index contributed by atoms with van der Waals surface area (Å²) in [5.74, 6) is -0.761.